The van der Waals surface area contributed by atoms with E-state index in [-0.39, 0.29) is 12.3 Å². The Kier molecular flexibility index (Phi) is 6.12. The van der Waals surface area contributed by atoms with Gasteiger partial charge in [0.2, 0.25) is 5.91 Å². The second-order valence-electron chi connectivity index (χ2n) is 4.84. The number of amides is 1. The molecule has 1 N–H and O–H groups in total. The molecule has 0 aromatic carbocycles. The minimum absolute atomic E-state index is 0.00777. The van der Waals surface area contributed by atoms with Crippen molar-refractivity contribution in [1.82, 2.24) is 9.80 Å². The van der Waals surface area contributed by atoms with Gasteiger partial charge in [0.1, 0.15) is 0 Å². The zero-order valence-corrected chi connectivity index (χ0v) is 11.4. The standard InChI is InChI=1S/C13H24N2O3/c1-3-5-11(13(17)18)10-12(16)15-8-6-14(4-2)7-9-15/h11H,3-10H2,1-2H3,(H,17,18). The molecule has 0 aromatic rings. The Bertz CT molecular complexity index is 286. The summed E-state index contributed by atoms with van der Waals surface area (Å²) in [4.78, 5) is 27.2. The molecule has 0 bridgehead atoms. The first kappa shape index (κ1) is 15.0. The molecule has 1 heterocycles. The number of hydrogen-bond donors (Lipinski definition) is 1. The average Bonchev–Trinajstić information content (AvgIpc) is 2.38. The van der Waals surface area contributed by atoms with Crippen molar-refractivity contribution in [2.24, 2.45) is 5.92 Å². The van der Waals surface area contributed by atoms with Crippen molar-refractivity contribution in [1.29, 1.82) is 0 Å². The van der Waals surface area contributed by atoms with Gasteiger partial charge in [-0.1, -0.05) is 20.3 Å². The van der Waals surface area contributed by atoms with Crippen LogP contribution in [0.4, 0.5) is 0 Å². The summed E-state index contributed by atoms with van der Waals surface area (Å²) >= 11 is 0. The number of hydrogen-bond acceptors (Lipinski definition) is 3. The minimum atomic E-state index is -0.850. The first-order valence-electron chi connectivity index (χ1n) is 6.81. The van der Waals surface area contributed by atoms with Gasteiger partial charge < -0.3 is 14.9 Å². The van der Waals surface area contributed by atoms with Crippen molar-refractivity contribution in [3.05, 3.63) is 0 Å². The molecule has 1 amide bonds. The van der Waals surface area contributed by atoms with Crippen LogP contribution >= 0.6 is 0 Å². The van der Waals surface area contributed by atoms with Crippen LogP contribution in [0.2, 0.25) is 0 Å². The van der Waals surface area contributed by atoms with Gasteiger partial charge in [0, 0.05) is 32.6 Å². The van der Waals surface area contributed by atoms with E-state index in [1.807, 2.05) is 6.92 Å². The summed E-state index contributed by atoms with van der Waals surface area (Å²) in [5.74, 6) is -1.38. The monoisotopic (exact) mass is 256 g/mol. The fraction of sp³-hybridized carbons (Fsp3) is 0.846. The molecule has 5 heteroatoms. The van der Waals surface area contributed by atoms with E-state index in [1.165, 1.54) is 0 Å². The highest BCUT2D eigenvalue weighted by atomic mass is 16.4. The quantitative estimate of drug-likeness (QED) is 0.771. The molecule has 1 unspecified atom stereocenters. The van der Waals surface area contributed by atoms with Crippen molar-refractivity contribution in [3.63, 3.8) is 0 Å². The smallest absolute Gasteiger partial charge is 0.307 e. The third kappa shape index (κ3) is 4.29. The van der Waals surface area contributed by atoms with Crippen molar-refractivity contribution in [3.8, 4) is 0 Å². The summed E-state index contributed by atoms with van der Waals surface area (Å²) in [6.45, 7) is 8.31. The van der Waals surface area contributed by atoms with Crippen LogP contribution in [0.5, 0.6) is 0 Å². The van der Waals surface area contributed by atoms with Crippen LogP contribution in [0.25, 0.3) is 0 Å². The van der Waals surface area contributed by atoms with Crippen LogP contribution in [0, 0.1) is 5.92 Å². The fourth-order valence-corrected chi connectivity index (χ4v) is 2.31. The Hall–Kier alpha value is -1.10. The lowest BCUT2D eigenvalue weighted by molar-refractivity contribution is -0.146. The molecule has 0 saturated carbocycles. The maximum absolute atomic E-state index is 12.0. The summed E-state index contributed by atoms with van der Waals surface area (Å²) in [6, 6.07) is 0. The number of rotatable bonds is 6. The van der Waals surface area contributed by atoms with E-state index in [0.29, 0.717) is 6.42 Å². The zero-order valence-electron chi connectivity index (χ0n) is 11.4. The molecule has 1 atom stereocenters. The third-order valence-electron chi connectivity index (χ3n) is 3.58. The number of carboxylic acids is 1. The van der Waals surface area contributed by atoms with Crippen LogP contribution in [0.3, 0.4) is 0 Å². The largest absolute Gasteiger partial charge is 0.481 e. The van der Waals surface area contributed by atoms with Gasteiger partial charge in [-0.05, 0) is 13.0 Å². The maximum Gasteiger partial charge on any atom is 0.307 e. The Labute approximate surface area is 109 Å². The van der Waals surface area contributed by atoms with Crippen LogP contribution in [-0.4, -0.2) is 59.5 Å². The normalized spacial score (nSPS) is 18.7. The molecule has 0 aromatic heterocycles. The molecule has 1 aliphatic rings. The van der Waals surface area contributed by atoms with Crippen LogP contribution < -0.4 is 0 Å². The lowest BCUT2D eigenvalue weighted by atomic mass is 9.99. The highest BCUT2D eigenvalue weighted by Crippen LogP contribution is 2.14. The number of carboxylic acid groups (broad SMARTS) is 1. The predicted molar refractivity (Wildman–Crippen MR) is 69.3 cm³/mol. The number of carbonyl (C=O) groups excluding carboxylic acids is 1. The molecule has 1 aliphatic heterocycles. The fourth-order valence-electron chi connectivity index (χ4n) is 2.31. The molecule has 0 spiro atoms. The van der Waals surface area contributed by atoms with Crippen LogP contribution in [0.15, 0.2) is 0 Å². The van der Waals surface area contributed by atoms with Gasteiger partial charge in [-0.15, -0.1) is 0 Å². The van der Waals surface area contributed by atoms with Crippen LogP contribution in [0.1, 0.15) is 33.1 Å². The third-order valence-corrected chi connectivity index (χ3v) is 3.58. The summed E-state index contributed by atoms with van der Waals surface area (Å²) in [5.41, 5.74) is 0. The minimum Gasteiger partial charge on any atom is -0.481 e. The van der Waals surface area contributed by atoms with Crippen molar-refractivity contribution in [2.45, 2.75) is 33.1 Å². The van der Waals surface area contributed by atoms with E-state index < -0.39 is 11.9 Å². The topological polar surface area (TPSA) is 60.9 Å². The number of nitrogens with zero attached hydrogens (tertiary/aromatic N) is 2. The molecule has 0 radical (unpaired) electrons. The summed E-state index contributed by atoms with van der Waals surface area (Å²) in [7, 11) is 0. The van der Waals surface area contributed by atoms with E-state index in [9.17, 15) is 9.59 Å². The molecule has 1 rings (SSSR count). The Morgan fingerprint density at radius 2 is 1.78 bits per heavy atom. The molecule has 5 nitrogen and oxygen atoms in total. The second kappa shape index (κ2) is 7.36. The maximum atomic E-state index is 12.0. The van der Waals surface area contributed by atoms with Crippen molar-refractivity contribution < 1.29 is 14.7 Å². The summed E-state index contributed by atoms with van der Waals surface area (Å²) in [5, 5.41) is 9.05. The van der Waals surface area contributed by atoms with Gasteiger partial charge in [0.15, 0.2) is 0 Å². The van der Waals surface area contributed by atoms with Gasteiger partial charge in [-0.3, -0.25) is 9.59 Å². The van der Waals surface area contributed by atoms with Gasteiger partial charge in [-0.2, -0.15) is 0 Å². The molecule has 1 fully saturated rings. The van der Waals surface area contributed by atoms with Gasteiger partial charge in [0.25, 0.3) is 0 Å². The molecule has 104 valence electrons. The molecule has 18 heavy (non-hydrogen) atoms. The van der Waals surface area contributed by atoms with E-state index in [0.717, 1.165) is 39.1 Å². The summed E-state index contributed by atoms with van der Waals surface area (Å²) < 4.78 is 0. The van der Waals surface area contributed by atoms with E-state index >= 15 is 0 Å². The first-order valence-corrected chi connectivity index (χ1v) is 6.81. The second-order valence-corrected chi connectivity index (χ2v) is 4.84. The number of carbonyl (C=O) groups is 2. The van der Waals surface area contributed by atoms with E-state index in [2.05, 4.69) is 11.8 Å². The van der Waals surface area contributed by atoms with Crippen molar-refractivity contribution >= 4 is 11.9 Å². The Morgan fingerprint density at radius 3 is 2.22 bits per heavy atom. The highest BCUT2D eigenvalue weighted by molar-refractivity contribution is 5.82. The van der Waals surface area contributed by atoms with Crippen molar-refractivity contribution in [2.75, 3.05) is 32.7 Å². The zero-order chi connectivity index (χ0) is 13.5. The molecule has 1 saturated heterocycles. The number of aliphatic carboxylic acids is 1. The number of likely N-dealkylation sites (N-methyl/N-ethyl adjacent to an activating group) is 1. The van der Waals surface area contributed by atoms with Gasteiger partial charge >= 0.3 is 5.97 Å². The Balaban J connectivity index is 2.42. The SMILES string of the molecule is CCCC(CC(=O)N1CCN(CC)CC1)C(=O)O. The number of piperazine rings is 1. The highest BCUT2D eigenvalue weighted by Gasteiger charge is 2.25. The van der Waals surface area contributed by atoms with E-state index in [4.69, 9.17) is 5.11 Å². The lowest BCUT2D eigenvalue weighted by Crippen LogP contribution is -2.49. The molecular formula is C13H24N2O3. The molecule has 0 aliphatic carbocycles. The van der Waals surface area contributed by atoms with E-state index in [1.54, 1.807) is 4.90 Å². The van der Waals surface area contributed by atoms with Gasteiger partial charge in [0.05, 0.1) is 5.92 Å². The molecular weight excluding hydrogens is 232 g/mol. The van der Waals surface area contributed by atoms with Gasteiger partial charge in [-0.25, -0.2) is 0 Å². The summed E-state index contributed by atoms with van der Waals surface area (Å²) in [6.07, 6.45) is 1.53. The first-order chi connectivity index (χ1) is 8.58. The average molecular weight is 256 g/mol. The lowest BCUT2D eigenvalue weighted by Gasteiger charge is -2.34. The predicted octanol–water partition coefficient (Wildman–Crippen LogP) is 1.04. The Morgan fingerprint density at radius 1 is 1.17 bits per heavy atom. The van der Waals surface area contributed by atoms with Crippen LogP contribution in [-0.2, 0) is 9.59 Å².